The molecule has 0 aliphatic carbocycles. The van der Waals surface area contributed by atoms with E-state index in [4.69, 9.17) is 0 Å². The number of pyridine rings is 1. The topological polar surface area (TPSA) is 47.0 Å². The van der Waals surface area contributed by atoms with Gasteiger partial charge in [-0.25, -0.2) is 13.4 Å². The SMILES string of the molecule is O=S(=O)(c1ccccn1)C(Br)(Br)Br. The zero-order chi connectivity index (χ0) is 10.1. The van der Waals surface area contributed by atoms with Crippen LogP contribution in [0.4, 0.5) is 0 Å². The number of hydrogen-bond acceptors (Lipinski definition) is 3. The summed E-state index contributed by atoms with van der Waals surface area (Å²) >= 11 is 8.83. The van der Waals surface area contributed by atoms with Crippen LogP contribution >= 0.6 is 47.8 Å². The molecule has 0 saturated heterocycles. The fraction of sp³-hybridized carbons (Fsp3) is 0.167. The summed E-state index contributed by atoms with van der Waals surface area (Å²) in [6.07, 6.45) is 1.42. The first-order valence-corrected chi connectivity index (χ1v) is 6.94. The lowest BCUT2D eigenvalue weighted by atomic mass is 10.5. The molecular weight excluding hydrogens is 390 g/mol. The van der Waals surface area contributed by atoms with Crippen molar-refractivity contribution in [2.75, 3.05) is 0 Å². The van der Waals surface area contributed by atoms with Crippen LogP contribution in [-0.2, 0) is 9.84 Å². The quantitative estimate of drug-likeness (QED) is 0.689. The first-order chi connectivity index (χ1) is 5.86. The molecule has 72 valence electrons. The molecule has 0 saturated carbocycles. The van der Waals surface area contributed by atoms with Crippen molar-refractivity contribution in [3.63, 3.8) is 0 Å². The second-order valence-electron chi connectivity index (χ2n) is 2.12. The molecule has 0 spiro atoms. The van der Waals surface area contributed by atoms with Gasteiger partial charge in [0.05, 0.1) is 0 Å². The van der Waals surface area contributed by atoms with Crippen molar-refractivity contribution >= 4 is 57.6 Å². The van der Waals surface area contributed by atoms with Crippen LogP contribution in [0.15, 0.2) is 29.4 Å². The number of aromatic nitrogens is 1. The smallest absolute Gasteiger partial charge is 0.240 e. The van der Waals surface area contributed by atoms with Crippen molar-refractivity contribution < 1.29 is 8.42 Å². The van der Waals surface area contributed by atoms with Crippen molar-refractivity contribution in [1.82, 2.24) is 4.98 Å². The Morgan fingerprint density at radius 3 is 2.23 bits per heavy atom. The Morgan fingerprint density at radius 1 is 1.23 bits per heavy atom. The third-order valence-electron chi connectivity index (χ3n) is 1.22. The molecule has 0 amide bonds. The molecule has 0 N–H and O–H groups in total. The van der Waals surface area contributed by atoms with Crippen LogP contribution in [-0.4, -0.2) is 14.9 Å². The molecule has 13 heavy (non-hydrogen) atoms. The maximum Gasteiger partial charge on any atom is 0.240 e. The van der Waals surface area contributed by atoms with Crippen molar-refractivity contribution in [3.05, 3.63) is 24.4 Å². The van der Waals surface area contributed by atoms with Gasteiger partial charge in [0.2, 0.25) is 11.3 Å². The molecule has 0 atom stereocenters. The molecule has 0 bridgehead atoms. The number of halogens is 3. The van der Waals surface area contributed by atoms with E-state index in [2.05, 4.69) is 52.8 Å². The summed E-state index contributed by atoms with van der Waals surface area (Å²) in [6, 6.07) is 4.68. The molecule has 1 heterocycles. The normalized spacial score (nSPS) is 12.8. The van der Waals surface area contributed by atoms with Gasteiger partial charge >= 0.3 is 0 Å². The monoisotopic (exact) mass is 391 g/mol. The van der Waals surface area contributed by atoms with E-state index in [0.29, 0.717) is 0 Å². The van der Waals surface area contributed by atoms with Gasteiger partial charge in [-0.1, -0.05) is 6.07 Å². The second-order valence-corrected chi connectivity index (χ2v) is 12.5. The van der Waals surface area contributed by atoms with Gasteiger partial charge in [0, 0.05) is 6.20 Å². The van der Waals surface area contributed by atoms with Crippen LogP contribution in [0.3, 0.4) is 0 Å². The standard InChI is InChI=1S/C6H4Br3NO2S/c7-6(8,9)13(11,12)5-3-1-2-4-10-5/h1-4H. The minimum Gasteiger partial charge on any atom is -0.245 e. The fourth-order valence-electron chi connectivity index (χ4n) is 0.625. The van der Waals surface area contributed by atoms with Crippen LogP contribution in [0.1, 0.15) is 0 Å². The minimum absolute atomic E-state index is 0.000579. The maximum atomic E-state index is 11.7. The number of alkyl halides is 3. The average Bonchev–Trinajstić information content (AvgIpc) is 2.04. The summed E-state index contributed by atoms with van der Waals surface area (Å²) in [7, 11) is -3.54. The van der Waals surface area contributed by atoms with Gasteiger partial charge in [-0.05, 0) is 59.9 Å². The molecule has 1 aromatic heterocycles. The molecule has 0 aliphatic heterocycles. The molecule has 1 rings (SSSR count). The van der Waals surface area contributed by atoms with E-state index in [1.165, 1.54) is 12.3 Å². The predicted molar refractivity (Wildman–Crippen MR) is 60.9 cm³/mol. The molecule has 0 aliphatic rings. The van der Waals surface area contributed by atoms with Crippen LogP contribution in [0.2, 0.25) is 0 Å². The van der Waals surface area contributed by atoms with E-state index >= 15 is 0 Å². The number of rotatable bonds is 1. The highest BCUT2D eigenvalue weighted by Gasteiger charge is 2.38. The van der Waals surface area contributed by atoms with E-state index in [1.807, 2.05) is 0 Å². The zero-order valence-electron chi connectivity index (χ0n) is 6.12. The summed E-state index contributed by atoms with van der Waals surface area (Å²) in [4.78, 5) is 3.74. The van der Waals surface area contributed by atoms with Gasteiger partial charge in [-0.3, -0.25) is 0 Å². The Morgan fingerprint density at radius 2 is 1.85 bits per heavy atom. The van der Waals surface area contributed by atoms with Gasteiger partial charge in [-0.2, -0.15) is 0 Å². The zero-order valence-corrected chi connectivity index (χ0v) is 11.7. The molecule has 0 radical (unpaired) electrons. The van der Waals surface area contributed by atoms with Crippen LogP contribution in [0, 0.1) is 0 Å². The molecule has 1 aromatic rings. The molecular formula is C6H4Br3NO2S. The summed E-state index contributed by atoms with van der Waals surface area (Å²) in [5.74, 6) is 0. The summed E-state index contributed by atoms with van der Waals surface area (Å²) in [5, 5.41) is 0.000579. The molecule has 0 unspecified atom stereocenters. The van der Waals surface area contributed by atoms with Crippen molar-refractivity contribution in [3.8, 4) is 0 Å². The van der Waals surface area contributed by atoms with Gasteiger partial charge in [0.25, 0.3) is 0 Å². The highest BCUT2D eigenvalue weighted by atomic mass is 80.0. The van der Waals surface area contributed by atoms with Gasteiger partial charge in [0.15, 0.2) is 5.03 Å². The predicted octanol–water partition coefficient (Wildman–Crippen LogP) is 2.65. The Labute approximate surface area is 101 Å². The Bertz CT molecular complexity index is 384. The minimum atomic E-state index is -3.54. The number of hydrogen-bond donors (Lipinski definition) is 0. The third kappa shape index (κ3) is 2.51. The van der Waals surface area contributed by atoms with E-state index in [0.717, 1.165) is 0 Å². The van der Waals surface area contributed by atoms with Crippen molar-refractivity contribution in [2.24, 2.45) is 0 Å². The summed E-state index contributed by atoms with van der Waals surface area (Å²) in [5.41, 5.74) is 0. The number of nitrogens with zero attached hydrogens (tertiary/aromatic N) is 1. The largest absolute Gasteiger partial charge is 0.245 e. The Kier molecular flexibility index (Phi) is 3.54. The van der Waals surface area contributed by atoms with Crippen LogP contribution < -0.4 is 0 Å². The summed E-state index contributed by atoms with van der Waals surface area (Å²) < 4.78 is 21.9. The fourth-order valence-corrected chi connectivity index (χ4v) is 2.81. The van der Waals surface area contributed by atoms with Gasteiger partial charge in [-0.15, -0.1) is 0 Å². The average molecular weight is 394 g/mol. The van der Waals surface area contributed by atoms with Gasteiger partial charge < -0.3 is 0 Å². The highest BCUT2D eigenvalue weighted by Crippen LogP contribution is 2.42. The highest BCUT2D eigenvalue weighted by molar-refractivity contribution is 9.42. The lowest BCUT2D eigenvalue weighted by Crippen LogP contribution is -2.18. The molecule has 0 aromatic carbocycles. The lowest BCUT2D eigenvalue weighted by molar-refractivity contribution is 0.595. The van der Waals surface area contributed by atoms with E-state index in [9.17, 15) is 8.42 Å². The molecule has 7 heteroatoms. The van der Waals surface area contributed by atoms with Gasteiger partial charge in [0.1, 0.15) is 0 Å². The molecule has 3 nitrogen and oxygen atoms in total. The second kappa shape index (κ2) is 3.96. The van der Waals surface area contributed by atoms with E-state index in [-0.39, 0.29) is 5.03 Å². The Hall–Kier alpha value is 0.540. The third-order valence-corrected chi connectivity index (χ3v) is 6.46. The summed E-state index contributed by atoms with van der Waals surface area (Å²) in [6.45, 7) is 0. The van der Waals surface area contributed by atoms with Crippen molar-refractivity contribution in [1.29, 1.82) is 0 Å². The van der Waals surface area contributed by atoms with Crippen molar-refractivity contribution in [2.45, 2.75) is 6.50 Å². The first kappa shape index (κ1) is 11.6. The number of sulfone groups is 1. The first-order valence-electron chi connectivity index (χ1n) is 3.08. The van der Waals surface area contributed by atoms with Crippen LogP contribution in [0.5, 0.6) is 0 Å². The van der Waals surface area contributed by atoms with E-state index in [1.54, 1.807) is 12.1 Å². The van der Waals surface area contributed by atoms with Crippen LogP contribution in [0.25, 0.3) is 0 Å². The maximum absolute atomic E-state index is 11.7. The van der Waals surface area contributed by atoms with E-state index < -0.39 is 11.3 Å². The molecule has 0 fully saturated rings. The lowest BCUT2D eigenvalue weighted by Gasteiger charge is -2.11. The Balaban J connectivity index is 3.26.